The van der Waals surface area contributed by atoms with E-state index in [-0.39, 0.29) is 72.7 Å². The van der Waals surface area contributed by atoms with Gasteiger partial charge in [-0.15, -0.1) is 0 Å². The molecule has 0 saturated heterocycles. The van der Waals surface area contributed by atoms with Crippen LogP contribution >= 0.6 is 34.8 Å². The van der Waals surface area contributed by atoms with Gasteiger partial charge in [-0.3, -0.25) is 14.0 Å². The number of anilines is 1. The Morgan fingerprint density at radius 2 is 1.61 bits per heavy atom. The predicted molar refractivity (Wildman–Crippen MR) is 213 cm³/mol. The van der Waals surface area contributed by atoms with Crippen molar-refractivity contribution >= 4 is 78.5 Å². The van der Waals surface area contributed by atoms with E-state index < -0.39 is 45.0 Å². The van der Waals surface area contributed by atoms with Gasteiger partial charge in [-0.1, -0.05) is 46.9 Å². The molecule has 1 N–H and O–H groups in total. The van der Waals surface area contributed by atoms with Crippen LogP contribution in [-0.2, 0) is 34.8 Å². The van der Waals surface area contributed by atoms with Crippen LogP contribution in [0.15, 0.2) is 71.5 Å². The highest BCUT2D eigenvalue weighted by atomic mass is 35.5. The van der Waals surface area contributed by atoms with E-state index in [1.54, 1.807) is 45.0 Å². The van der Waals surface area contributed by atoms with E-state index in [4.69, 9.17) is 49.3 Å². The number of hydrogen-bond acceptors (Lipinski definition) is 8. The molecular weight excluding hydrogens is 813 g/mol. The largest absolute Gasteiger partial charge is 0.497 e. The van der Waals surface area contributed by atoms with Crippen molar-refractivity contribution in [1.29, 1.82) is 0 Å². The Kier molecular flexibility index (Phi) is 11.3. The second-order valence-electron chi connectivity index (χ2n) is 13.9. The summed E-state index contributed by atoms with van der Waals surface area (Å²) in [5.41, 5.74) is -0.611. The second kappa shape index (κ2) is 15.5. The van der Waals surface area contributed by atoms with Crippen molar-refractivity contribution in [3.8, 4) is 11.4 Å². The predicted octanol–water partition coefficient (Wildman–Crippen LogP) is 8.29. The minimum Gasteiger partial charge on any atom is -0.497 e. The Bertz CT molecular complexity index is 2660. The van der Waals surface area contributed by atoms with Crippen molar-refractivity contribution in [2.75, 3.05) is 17.7 Å². The molecule has 1 unspecified atom stereocenters. The molecule has 56 heavy (non-hydrogen) atoms. The van der Waals surface area contributed by atoms with Gasteiger partial charge in [0.2, 0.25) is 10.0 Å². The maximum Gasteiger partial charge on any atom is 0.408 e. The van der Waals surface area contributed by atoms with Gasteiger partial charge in [0.25, 0.3) is 5.56 Å². The lowest BCUT2D eigenvalue weighted by atomic mass is 10.0. The number of nitrogens with zero attached hydrogens (tertiary/aromatic N) is 5. The highest BCUT2D eigenvalue weighted by Gasteiger charge is 2.31. The average Bonchev–Trinajstić information content (AvgIpc) is 3.42. The highest BCUT2D eigenvalue weighted by molar-refractivity contribution is 7.92. The number of benzene rings is 4. The van der Waals surface area contributed by atoms with Gasteiger partial charge in [-0.25, -0.2) is 31.3 Å². The summed E-state index contributed by atoms with van der Waals surface area (Å²) in [6, 6.07) is 14.1. The number of sulfonamides is 1. The van der Waals surface area contributed by atoms with Crippen LogP contribution in [0.4, 0.5) is 19.4 Å². The minimum atomic E-state index is -4.01. The maximum atomic E-state index is 14.8. The van der Waals surface area contributed by atoms with Crippen LogP contribution in [0, 0.1) is 11.6 Å². The third kappa shape index (κ3) is 8.55. The van der Waals surface area contributed by atoms with E-state index in [1.165, 1.54) is 43.1 Å². The molecule has 12 nitrogen and oxygen atoms in total. The lowest BCUT2D eigenvalue weighted by molar-refractivity contribution is 0.0500. The number of ether oxygens (including phenoxy) is 2. The molecule has 0 spiro atoms. The van der Waals surface area contributed by atoms with Crippen LogP contribution in [0.3, 0.4) is 0 Å². The Morgan fingerprint density at radius 1 is 0.946 bits per heavy atom. The first-order valence-corrected chi connectivity index (χ1v) is 19.8. The van der Waals surface area contributed by atoms with Crippen LogP contribution in [0.5, 0.6) is 5.75 Å². The van der Waals surface area contributed by atoms with Crippen molar-refractivity contribution in [2.45, 2.75) is 45.4 Å². The number of methoxy groups -OCH3 is 1. The van der Waals surface area contributed by atoms with Crippen LogP contribution in [0.2, 0.25) is 15.1 Å². The molecule has 0 bridgehead atoms. The SMILES string of the molecule is COc1ccc(CN(c2nn(C)c3c(-n4c(C(Cc5cc(F)cc(F)c5)NC(=O)OC(C)(C)C)nc5cc(Cl)cc(Cl)c5c4=O)ccc(Cl)c23)S(C)(=O)=O)cc1. The third-order valence-electron chi connectivity index (χ3n) is 8.54. The fraction of sp³-hybridized carbons (Fsp3) is 0.263. The number of rotatable bonds is 10. The van der Waals surface area contributed by atoms with Crippen LogP contribution in [-0.4, -0.2) is 52.8 Å². The monoisotopic (exact) mass is 846 g/mol. The Labute approximate surface area is 335 Å². The van der Waals surface area contributed by atoms with Gasteiger partial charge in [0.15, 0.2) is 5.82 Å². The number of amides is 1. The molecule has 0 aliphatic heterocycles. The minimum absolute atomic E-state index is 0.0344. The molecule has 2 aromatic heterocycles. The summed E-state index contributed by atoms with van der Waals surface area (Å²) in [6.45, 7) is 4.81. The molecule has 0 aliphatic rings. The number of aryl methyl sites for hydroxylation is 1. The molecule has 18 heteroatoms. The number of carbonyl (C=O) groups excluding carboxylic acids is 1. The van der Waals surface area contributed by atoms with Gasteiger partial charge in [0, 0.05) is 24.6 Å². The smallest absolute Gasteiger partial charge is 0.408 e. The average molecular weight is 848 g/mol. The number of nitrogens with one attached hydrogen (secondary N) is 1. The summed E-state index contributed by atoms with van der Waals surface area (Å²) in [4.78, 5) is 33.0. The molecule has 1 amide bonds. The molecule has 0 saturated carbocycles. The van der Waals surface area contributed by atoms with Crippen LogP contribution in [0.1, 0.15) is 43.8 Å². The van der Waals surface area contributed by atoms with E-state index in [0.29, 0.717) is 17.4 Å². The van der Waals surface area contributed by atoms with Crippen LogP contribution in [0.25, 0.3) is 27.5 Å². The lowest BCUT2D eigenvalue weighted by Gasteiger charge is -2.26. The number of halogens is 5. The lowest BCUT2D eigenvalue weighted by Crippen LogP contribution is -2.39. The summed E-state index contributed by atoms with van der Waals surface area (Å²) in [5, 5.41) is 7.67. The van der Waals surface area contributed by atoms with Crippen molar-refractivity contribution < 1.29 is 31.5 Å². The second-order valence-corrected chi connectivity index (χ2v) is 17.1. The fourth-order valence-electron chi connectivity index (χ4n) is 6.28. The van der Waals surface area contributed by atoms with Crippen molar-refractivity contribution in [3.05, 3.63) is 121 Å². The fourth-order valence-corrected chi connectivity index (χ4v) is 7.90. The molecule has 1 atom stereocenters. The van der Waals surface area contributed by atoms with Gasteiger partial charge < -0.3 is 14.8 Å². The topological polar surface area (TPSA) is 138 Å². The first-order chi connectivity index (χ1) is 26.2. The van der Waals surface area contributed by atoms with Crippen molar-refractivity contribution in [2.24, 2.45) is 7.05 Å². The van der Waals surface area contributed by atoms with Gasteiger partial charge in [0.05, 0.1) is 63.5 Å². The summed E-state index contributed by atoms with van der Waals surface area (Å²) in [5.74, 6) is -1.33. The van der Waals surface area contributed by atoms with Gasteiger partial charge in [-0.05, 0) is 80.4 Å². The summed E-state index contributed by atoms with van der Waals surface area (Å²) >= 11 is 19.8. The number of alkyl carbamates (subject to hydrolysis) is 1. The number of aromatic nitrogens is 4. The summed E-state index contributed by atoms with van der Waals surface area (Å²) < 4.78 is 70.3. The number of fused-ring (bicyclic) bond motifs is 2. The zero-order valence-electron chi connectivity index (χ0n) is 30.8. The van der Waals surface area contributed by atoms with Crippen LogP contribution < -0.4 is 19.9 Å². The van der Waals surface area contributed by atoms with E-state index in [2.05, 4.69) is 10.4 Å². The van der Waals surface area contributed by atoms with E-state index >= 15 is 0 Å². The Balaban J connectivity index is 1.65. The molecule has 6 rings (SSSR count). The molecule has 6 aromatic rings. The molecule has 2 heterocycles. The quantitative estimate of drug-likeness (QED) is 0.145. The molecular formula is C38H35Cl3F2N6O6S. The standard InChI is InChI=1S/C38H35Cl3F2N6O6S/c1-38(2,3)55-37(51)45-29(15-21-13-23(42)18-24(43)14-21)34-44-28-17-22(39)16-27(41)31(28)36(50)49(34)30-12-11-26(40)32-33(30)47(4)46-35(32)48(56(6,52)53)19-20-7-9-25(54-5)10-8-20/h7-14,16-18,29H,15,19H2,1-6H3,(H,45,51). The first kappa shape index (κ1) is 40.7. The van der Waals surface area contributed by atoms with Gasteiger partial charge >= 0.3 is 6.09 Å². The molecule has 4 aromatic carbocycles. The number of hydrogen-bond donors (Lipinski definition) is 1. The van der Waals surface area contributed by atoms with Crippen molar-refractivity contribution in [3.63, 3.8) is 0 Å². The molecule has 0 fully saturated rings. The van der Waals surface area contributed by atoms with Gasteiger partial charge in [0.1, 0.15) is 28.8 Å². The zero-order valence-corrected chi connectivity index (χ0v) is 33.9. The summed E-state index contributed by atoms with van der Waals surface area (Å²) in [6.07, 6.45) is -0.173. The normalized spacial score (nSPS) is 12.6. The molecule has 0 aliphatic carbocycles. The van der Waals surface area contributed by atoms with E-state index in [0.717, 1.165) is 27.3 Å². The first-order valence-electron chi connectivity index (χ1n) is 16.9. The molecule has 0 radical (unpaired) electrons. The Hall–Kier alpha value is -4.96. The zero-order chi connectivity index (χ0) is 40.9. The third-order valence-corrected chi connectivity index (χ3v) is 10.5. The van der Waals surface area contributed by atoms with E-state index in [9.17, 15) is 26.8 Å². The maximum absolute atomic E-state index is 14.8. The summed E-state index contributed by atoms with van der Waals surface area (Å²) in [7, 11) is -0.956. The van der Waals surface area contributed by atoms with Gasteiger partial charge in [-0.2, -0.15) is 5.10 Å². The number of carbonyl (C=O) groups is 1. The van der Waals surface area contributed by atoms with Crippen molar-refractivity contribution in [1.82, 2.24) is 24.6 Å². The Morgan fingerprint density at radius 3 is 2.21 bits per heavy atom. The van der Waals surface area contributed by atoms with E-state index in [1.807, 2.05) is 0 Å². The highest BCUT2D eigenvalue weighted by Crippen LogP contribution is 2.39. The molecule has 294 valence electrons.